The molecule has 0 spiro atoms. The molecule has 116 valence electrons. The van der Waals surface area contributed by atoms with Crippen LogP contribution in [-0.4, -0.2) is 45.0 Å². The van der Waals surface area contributed by atoms with Crippen molar-refractivity contribution in [2.75, 3.05) is 12.3 Å². The minimum atomic E-state index is -0.858. The number of ether oxygens (including phenoxy) is 1. The molecule has 0 saturated heterocycles. The molecule has 2 rings (SSSR count). The molecule has 8 heteroatoms. The number of nitrogens with zero attached hydrogens (tertiary/aromatic N) is 2. The summed E-state index contributed by atoms with van der Waals surface area (Å²) in [6, 6.07) is 0. The van der Waals surface area contributed by atoms with Gasteiger partial charge < -0.3 is 14.7 Å². The minimum absolute atomic E-state index is 0.00216. The monoisotopic (exact) mass is 330 g/mol. The molecule has 1 N–H and O–H groups in total. The highest BCUT2D eigenvalue weighted by Crippen LogP contribution is 2.31. The van der Waals surface area contributed by atoms with Gasteiger partial charge in [-0.1, -0.05) is 11.8 Å². The maximum absolute atomic E-state index is 12.1. The Bertz CT molecular complexity index is 551. The third kappa shape index (κ3) is 4.60. The first kappa shape index (κ1) is 16.1. The fourth-order valence-electron chi connectivity index (χ4n) is 1.84. The van der Waals surface area contributed by atoms with Gasteiger partial charge in [-0.2, -0.15) is 0 Å². The van der Waals surface area contributed by atoms with Gasteiger partial charge in [-0.05, 0) is 20.8 Å². The normalized spacial score (nSPS) is 14.7. The van der Waals surface area contributed by atoms with E-state index >= 15 is 0 Å². The predicted molar refractivity (Wildman–Crippen MR) is 80.8 cm³/mol. The Morgan fingerprint density at radius 2 is 2.19 bits per heavy atom. The molecule has 0 aromatic carbocycles. The molecule has 1 aliphatic rings. The van der Waals surface area contributed by atoms with Crippen molar-refractivity contribution in [1.29, 1.82) is 0 Å². The van der Waals surface area contributed by atoms with Gasteiger partial charge in [-0.15, -0.1) is 11.3 Å². The summed E-state index contributed by atoms with van der Waals surface area (Å²) >= 11 is 2.67. The Labute approximate surface area is 131 Å². The topological polar surface area (TPSA) is 79.7 Å². The lowest BCUT2D eigenvalue weighted by atomic mass is 10.2. The second kappa shape index (κ2) is 6.23. The zero-order valence-electron chi connectivity index (χ0n) is 12.2. The van der Waals surface area contributed by atoms with Crippen LogP contribution in [0, 0.1) is 0 Å². The minimum Gasteiger partial charge on any atom is -0.481 e. The average molecular weight is 330 g/mol. The van der Waals surface area contributed by atoms with Crippen LogP contribution >= 0.6 is 23.1 Å². The average Bonchev–Trinajstić information content (AvgIpc) is 2.75. The van der Waals surface area contributed by atoms with Crippen LogP contribution in [0.2, 0.25) is 0 Å². The van der Waals surface area contributed by atoms with Gasteiger partial charge in [0.25, 0.3) is 0 Å². The number of hydrogen-bond donors (Lipinski definition) is 1. The highest BCUT2D eigenvalue weighted by molar-refractivity contribution is 8.01. The number of amides is 1. The van der Waals surface area contributed by atoms with E-state index in [2.05, 4.69) is 4.98 Å². The Kier molecular flexibility index (Phi) is 4.77. The van der Waals surface area contributed by atoms with Crippen molar-refractivity contribution in [2.45, 2.75) is 43.7 Å². The second-order valence-corrected chi connectivity index (χ2v) is 7.99. The number of carboxylic acid groups (broad SMARTS) is 1. The van der Waals surface area contributed by atoms with E-state index in [0.717, 1.165) is 14.9 Å². The van der Waals surface area contributed by atoms with Crippen LogP contribution in [0.15, 0.2) is 4.34 Å². The number of carbonyl (C=O) groups excluding carboxylic acids is 1. The zero-order chi connectivity index (χ0) is 15.6. The van der Waals surface area contributed by atoms with Crippen LogP contribution in [-0.2, 0) is 22.5 Å². The van der Waals surface area contributed by atoms with E-state index < -0.39 is 11.6 Å². The number of aliphatic carboxylic acids is 1. The van der Waals surface area contributed by atoms with Crippen molar-refractivity contribution in [3.05, 3.63) is 10.6 Å². The Balaban J connectivity index is 2.00. The quantitative estimate of drug-likeness (QED) is 0.858. The summed E-state index contributed by atoms with van der Waals surface area (Å²) in [5.74, 6) is -0.856. The molecule has 1 amide bonds. The molecule has 0 atom stereocenters. The third-order valence-electron chi connectivity index (χ3n) is 2.68. The van der Waals surface area contributed by atoms with Gasteiger partial charge in [0.2, 0.25) is 0 Å². The molecule has 1 aromatic heterocycles. The summed E-state index contributed by atoms with van der Waals surface area (Å²) in [5.41, 5.74) is 0.459. The number of rotatable bonds is 3. The number of thioether (sulfide) groups is 1. The molecule has 0 fully saturated rings. The molecule has 0 unspecified atom stereocenters. The highest BCUT2D eigenvalue weighted by atomic mass is 32.2. The van der Waals surface area contributed by atoms with E-state index in [4.69, 9.17) is 9.84 Å². The van der Waals surface area contributed by atoms with Crippen LogP contribution in [0.1, 0.15) is 31.3 Å². The van der Waals surface area contributed by atoms with Gasteiger partial charge in [0.1, 0.15) is 5.60 Å². The molecule has 0 saturated carbocycles. The van der Waals surface area contributed by atoms with E-state index in [-0.39, 0.29) is 11.8 Å². The smallest absolute Gasteiger partial charge is 0.410 e. The summed E-state index contributed by atoms with van der Waals surface area (Å²) in [6.45, 7) is 6.58. The molecule has 2 heterocycles. The number of carbonyl (C=O) groups is 2. The van der Waals surface area contributed by atoms with Crippen molar-refractivity contribution in [1.82, 2.24) is 9.88 Å². The van der Waals surface area contributed by atoms with Gasteiger partial charge in [-0.3, -0.25) is 4.79 Å². The number of carboxylic acids is 1. The SMILES string of the molecule is CC(C)(C)OC(=O)N1CCc2nc(SCC(=O)O)sc2C1. The van der Waals surface area contributed by atoms with Crippen molar-refractivity contribution in [3.8, 4) is 0 Å². The standard InChI is InChI=1S/C13H18N2O4S2/c1-13(2,3)19-12(18)15-5-4-8-9(6-15)21-11(14-8)20-7-10(16)17/h4-7H2,1-3H3,(H,16,17). The first-order chi connectivity index (χ1) is 9.74. The maximum atomic E-state index is 12.1. The molecular formula is C13H18N2O4S2. The number of fused-ring (bicyclic) bond motifs is 1. The van der Waals surface area contributed by atoms with Crippen LogP contribution in [0.3, 0.4) is 0 Å². The lowest BCUT2D eigenvalue weighted by Crippen LogP contribution is -2.39. The van der Waals surface area contributed by atoms with Gasteiger partial charge in [0.15, 0.2) is 4.34 Å². The summed E-state index contributed by atoms with van der Waals surface area (Å²) in [5, 5.41) is 8.69. The van der Waals surface area contributed by atoms with E-state index in [1.165, 1.54) is 23.1 Å². The van der Waals surface area contributed by atoms with Gasteiger partial charge in [0.05, 0.1) is 18.0 Å². The molecule has 1 aliphatic heterocycles. The molecule has 0 radical (unpaired) electrons. The lowest BCUT2D eigenvalue weighted by molar-refractivity contribution is -0.133. The second-order valence-electron chi connectivity index (χ2n) is 5.68. The van der Waals surface area contributed by atoms with Gasteiger partial charge >= 0.3 is 12.1 Å². The Morgan fingerprint density at radius 1 is 1.48 bits per heavy atom. The Hall–Kier alpha value is -1.28. The van der Waals surface area contributed by atoms with Crippen molar-refractivity contribution < 1.29 is 19.4 Å². The molecule has 1 aromatic rings. The van der Waals surface area contributed by atoms with Crippen molar-refractivity contribution >= 4 is 35.2 Å². The van der Waals surface area contributed by atoms with Crippen molar-refractivity contribution in [3.63, 3.8) is 0 Å². The van der Waals surface area contributed by atoms with Crippen LogP contribution < -0.4 is 0 Å². The van der Waals surface area contributed by atoms with Crippen LogP contribution in [0.5, 0.6) is 0 Å². The largest absolute Gasteiger partial charge is 0.481 e. The highest BCUT2D eigenvalue weighted by Gasteiger charge is 2.27. The fourth-order valence-corrected chi connectivity index (χ4v) is 3.83. The van der Waals surface area contributed by atoms with E-state index in [1.807, 2.05) is 20.8 Å². The zero-order valence-corrected chi connectivity index (χ0v) is 13.8. The summed E-state index contributed by atoms with van der Waals surface area (Å²) in [4.78, 5) is 29.7. The first-order valence-corrected chi connectivity index (χ1v) is 8.36. The van der Waals surface area contributed by atoms with Gasteiger partial charge in [-0.25, -0.2) is 9.78 Å². The number of thiazole rings is 1. The summed E-state index contributed by atoms with van der Waals surface area (Å²) < 4.78 is 6.11. The summed E-state index contributed by atoms with van der Waals surface area (Å²) in [7, 11) is 0. The Morgan fingerprint density at radius 3 is 2.81 bits per heavy atom. The predicted octanol–water partition coefficient (Wildman–Crippen LogP) is 2.61. The molecule has 6 nitrogen and oxygen atoms in total. The van der Waals surface area contributed by atoms with E-state index in [9.17, 15) is 9.59 Å². The van der Waals surface area contributed by atoms with E-state index in [0.29, 0.717) is 19.5 Å². The van der Waals surface area contributed by atoms with E-state index in [1.54, 1.807) is 4.90 Å². The third-order valence-corrected chi connectivity index (χ3v) is 4.89. The van der Waals surface area contributed by atoms with Crippen molar-refractivity contribution in [2.24, 2.45) is 0 Å². The van der Waals surface area contributed by atoms with Crippen LogP contribution in [0.4, 0.5) is 4.79 Å². The number of hydrogen-bond acceptors (Lipinski definition) is 6. The maximum Gasteiger partial charge on any atom is 0.410 e. The molecule has 0 aliphatic carbocycles. The first-order valence-electron chi connectivity index (χ1n) is 6.56. The number of aromatic nitrogens is 1. The lowest BCUT2D eigenvalue weighted by Gasteiger charge is -2.29. The molecule has 21 heavy (non-hydrogen) atoms. The van der Waals surface area contributed by atoms with Crippen LogP contribution in [0.25, 0.3) is 0 Å². The summed E-state index contributed by atoms with van der Waals surface area (Å²) in [6.07, 6.45) is 0.361. The molecule has 0 bridgehead atoms. The molecular weight excluding hydrogens is 312 g/mol. The van der Waals surface area contributed by atoms with Gasteiger partial charge in [0, 0.05) is 17.8 Å². The fraction of sp³-hybridized carbons (Fsp3) is 0.615.